The maximum atomic E-state index is 13.7. The molecule has 4 nitrogen and oxygen atoms in total. The number of amides is 1. The fraction of sp³-hybridized carbons (Fsp3) is 0.611. The molecule has 2 rings (SSSR count). The van der Waals surface area contributed by atoms with Crippen molar-refractivity contribution in [2.24, 2.45) is 5.92 Å². The third-order valence-electron chi connectivity index (χ3n) is 4.50. The summed E-state index contributed by atoms with van der Waals surface area (Å²) in [5, 5.41) is 2.98. The summed E-state index contributed by atoms with van der Waals surface area (Å²) in [4.78, 5) is 16.7. The van der Waals surface area contributed by atoms with Gasteiger partial charge in [0, 0.05) is 43.3 Å². The quantitative estimate of drug-likeness (QED) is 0.906. The van der Waals surface area contributed by atoms with E-state index in [1.807, 2.05) is 26.8 Å². The van der Waals surface area contributed by atoms with Crippen LogP contribution in [0.5, 0.6) is 0 Å². The van der Waals surface area contributed by atoms with E-state index < -0.39 is 0 Å². The van der Waals surface area contributed by atoms with Crippen LogP contribution in [0.1, 0.15) is 39.3 Å². The molecule has 1 atom stereocenters. The molecule has 1 heterocycles. The number of nitrogens with one attached hydrogen (secondary N) is 1. The zero-order chi connectivity index (χ0) is 17.0. The molecular weight excluding hydrogens is 293 g/mol. The highest BCUT2D eigenvalue weighted by Crippen LogP contribution is 2.28. The molecule has 1 saturated heterocycles. The third-order valence-corrected chi connectivity index (χ3v) is 4.50. The number of rotatable bonds is 5. The summed E-state index contributed by atoms with van der Waals surface area (Å²) in [6.07, 6.45) is 0. The van der Waals surface area contributed by atoms with Gasteiger partial charge >= 0.3 is 0 Å². The molecule has 1 fully saturated rings. The van der Waals surface area contributed by atoms with Crippen molar-refractivity contribution in [1.82, 2.24) is 10.2 Å². The monoisotopic (exact) mass is 321 g/mol. The number of carbonyl (C=O) groups is 1. The average molecular weight is 321 g/mol. The Bertz CT molecular complexity index is 539. The summed E-state index contributed by atoms with van der Waals surface area (Å²) in [5.74, 6) is -0.354. The van der Waals surface area contributed by atoms with Crippen LogP contribution in [0.15, 0.2) is 18.2 Å². The Kier molecular flexibility index (Phi) is 5.99. The van der Waals surface area contributed by atoms with Gasteiger partial charge in [-0.15, -0.1) is 0 Å². The first-order valence-electron chi connectivity index (χ1n) is 8.49. The van der Waals surface area contributed by atoms with Crippen molar-refractivity contribution in [1.29, 1.82) is 0 Å². The molecular formula is C18H28FN3O. The Morgan fingerprint density at radius 2 is 1.87 bits per heavy atom. The van der Waals surface area contributed by atoms with Gasteiger partial charge < -0.3 is 15.1 Å². The smallest absolute Gasteiger partial charge is 0.223 e. The summed E-state index contributed by atoms with van der Waals surface area (Å²) in [6, 6.07) is 4.68. The highest BCUT2D eigenvalue weighted by Gasteiger charge is 2.22. The minimum Gasteiger partial charge on any atom is -0.369 e. The topological polar surface area (TPSA) is 35.6 Å². The maximum Gasteiger partial charge on any atom is 0.223 e. The molecule has 1 amide bonds. The van der Waals surface area contributed by atoms with Crippen molar-refractivity contribution >= 4 is 11.6 Å². The maximum absolute atomic E-state index is 13.7. The first-order valence-corrected chi connectivity index (χ1v) is 8.49. The number of benzene rings is 1. The molecule has 1 aliphatic heterocycles. The predicted octanol–water partition coefficient (Wildman–Crippen LogP) is 2.80. The van der Waals surface area contributed by atoms with E-state index in [0.717, 1.165) is 44.0 Å². The molecule has 1 aliphatic rings. The Morgan fingerprint density at radius 1 is 1.22 bits per heavy atom. The number of carbonyl (C=O) groups excluding carboxylic acids is 1. The van der Waals surface area contributed by atoms with Gasteiger partial charge in [-0.2, -0.15) is 0 Å². The van der Waals surface area contributed by atoms with E-state index in [2.05, 4.69) is 22.0 Å². The summed E-state index contributed by atoms with van der Waals surface area (Å²) in [5.41, 5.74) is 1.88. The van der Waals surface area contributed by atoms with Gasteiger partial charge in [0.15, 0.2) is 0 Å². The van der Waals surface area contributed by atoms with Gasteiger partial charge in [0.05, 0.1) is 6.04 Å². The van der Waals surface area contributed by atoms with Crippen LogP contribution in [-0.2, 0) is 4.79 Å². The van der Waals surface area contributed by atoms with E-state index in [4.69, 9.17) is 0 Å². The fourth-order valence-electron chi connectivity index (χ4n) is 2.92. The van der Waals surface area contributed by atoms with E-state index in [0.29, 0.717) is 0 Å². The molecule has 0 unspecified atom stereocenters. The third kappa shape index (κ3) is 4.44. The van der Waals surface area contributed by atoms with Crippen molar-refractivity contribution in [3.63, 3.8) is 0 Å². The van der Waals surface area contributed by atoms with Gasteiger partial charge in [-0.3, -0.25) is 4.79 Å². The van der Waals surface area contributed by atoms with Crippen LogP contribution in [-0.4, -0.2) is 43.5 Å². The van der Waals surface area contributed by atoms with E-state index in [-0.39, 0.29) is 23.7 Å². The van der Waals surface area contributed by atoms with Crippen LogP contribution in [0.25, 0.3) is 0 Å². The van der Waals surface area contributed by atoms with E-state index in [1.54, 1.807) is 6.07 Å². The molecule has 0 spiro atoms. The van der Waals surface area contributed by atoms with Gasteiger partial charge in [-0.05, 0) is 31.7 Å². The molecule has 1 aromatic carbocycles. The summed E-state index contributed by atoms with van der Waals surface area (Å²) >= 11 is 0. The molecule has 128 valence electrons. The lowest BCUT2D eigenvalue weighted by Gasteiger charge is -2.37. The number of likely N-dealkylation sites (N-methyl/N-ethyl adjacent to an activating group) is 1. The molecule has 23 heavy (non-hydrogen) atoms. The number of piperazine rings is 1. The Hall–Kier alpha value is -1.62. The van der Waals surface area contributed by atoms with Crippen LogP contribution >= 0.6 is 0 Å². The second-order valence-corrected chi connectivity index (χ2v) is 6.51. The lowest BCUT2D eigenvalue weighted by Crippen LogP contribution is -2.46. The largest absolute Gasteiger partial charge is 0.369 e. The van der Waals surface area contributed by atoms with Crippen molar-refractivity contribution in [2.75, 3.05) is 37.6 Å². The number of hydrogen-bond acceptors (Lipinski definition) is 3. The highest BCUT2D eigenvalue weighted by atomic mass is 19.1. The van der Waals surface area contributed by atoms with Crippen LogP contribution < -0.4 is 10.2 Å². The summed E-state index contributed by atoms with van der Waals surface area (Å²) in [6.45, 7) is 12.8. The zero-order valence-electron chi connectivity index (χ0n) is 14.6. The molecule has 1 aromatic rings. The van der Waals surface area contributed by atoms with Crippen molar-refractivity contribution in [2.45, 2.75) is 33.7 Å². The molecule has 0 radical (unpaired) electrons. The van der Waals surface area contributed by atoms with Crippen LogP contribution in [0, 0.1) is 11.7 Å². The van der Waals surface area contributed by atoms with E-state index in [1.165, 1.54) is 6.07 Å². The summed E-state index contributed by atoms with van der Waals surface area (Å²) < 4.78 is 13.7. The molecule has 1 N–H and O–H groups in total. The molecule has 0 saturated carbocycles. The minimum atomic E-state index is -0.262. The Balaban J connectivity index is 2.19. The van der Waals surface area contributed by atoms with Gasteiger partial charge in [0.25, 0.3) is 0 Å². The van der Waals surface area contributed by atoms with E-state index in [9.17, 15) is 9.18 Å². The second-order valence-electron chi connectivity index (χ2n) is 6.51. The molecule has 0 aliphatic carbocycles. The predicted molar refractivity (Wildman–Crippen MR) is 92.1 cm³/mol. The van der Waals surface area contributed by atoms with Gasteiger partial charge in [0.2, 0.25) is 5.91 Å². The first-order chi connectivity index (χ1) is 10.9. The fourth-order valence-corrected chi connectivity index (χ4v) is 2.92. The normalized spacial score (nSPS) is 17.4. The van der Waals surface area contributed by atoms with Gasteiger partial charge in [0.1, 0.15) is 5.82 Å². The van der Waals surface area contributed by atoms with Gasteiger partial charge in [-0.25, -0.2) is 4.39 Å². The molecule has 0 aromatic heterocycles. The zero-order valence-corrected chi connectivity index (χ0v) is 14.6. The second kappa shape index (κ2) is 7.77. The van der Waals surface area contributed by atoms with Gasteiger partial charge in [-0.1, -0.05) is 20.8 Å². The van der Waals surface area contributed by atoms with Crippen LogP contribution in [0.2, 0.25) is 0 Å². The lowest BCUT2D eigenvalue weighted by atomic mass is 10.0. The van der Waals surface area contributed by atoms with Crippen molar-refractivity contribution in [3.8, 4) is 0 Å². The first kappa shape index (κ1) is 17.7. The number of nitrogens with zero attached hydrogens (tertiary/aromatic N) is 2. The highest BCUT2D eigenvalue weighted by molar-refractivity contribution is 5.78. The lowest BCUT2D eigenvalue weighted by molar-refractivity contribution is -0.124. The van der Waals surface area contributed by atoms with Crippen molar-refractivity contribution < 1.29 is 9.18 Å². The Labute approximate surface area is 138 Å². The Morgan fingerprint density at radius 3 is 2.43 bits per heavy atom. The number of anilines is 1. The molecule has 0 bridgehead atoms. The summed E-state index contributed by atoms with van der Waals surface area (Å²) in [7, 11) is 0. The number of halogens is 1. The standard InChI is InChI=1S/C18H28FN3O/c1-5-21-8-10-22(11-9-21)17-7-6-15(19)12-16(17)14(4)20-18(23)13(2)3/h6-7,12-14H,5,8-11H2,1-4H3,(H,20,23)/t14-/m0/s1. The molecule has 5 heteroatoms. The minimum absolute atomic E-state index is 0.0106. The van der Waals surface area contributed by atoms with Crippen LogP contribution in [0.4, 0.5) is 10.1 Å². The van der Waals surface area contributed by atoms with E-state index >= 15 is 0 Å². The average Bonchev–Trinajstić information content (AvgIpc) is 2.54. The van der Waals surface area contributed by atoms with Crippen molar-refractivity contribution in [3.05, 3.63) is 29.6 Å². The SMILES string of the molecule is CCN1CCN(c2ccc(F)cc2[C@H](C)NC(=O)C(C)C)CC1. The number of hydrogen-bond donors (Lipinski definition) is 1. The van der Waals surface area contributed by atoms with Crippen LogP contribution in [0.3, 0.4) is 0 Å².